The highest BCUT2D eigenvalue weighted by Crippen LogP contribution is 2.31. The van der Waals surface area contributed by atoms with Crippen LogP contribution in [0.2, 0.25) is 0 Å². The number of carbonyl (C=O) groups excluding carboxylic acids is 1. The molecule has 0 aliphatic carbocycles. The van der Waals surface area contributed by atoms with Gasteiger partial charge in [0.25, 0.3) is 0 Å². The van der Waals surface area contributed by atoms with Gasteiger partial charge in [0.15, 0.2) is 0 Å². The molecule has 1 rings (SSSR count). The van der Waals surface area contributed by atoms with E-state index in [2.05, 4.69) is 13.2 Å². The minimum Gasteiger partial charge on any atom is -0.400 e. The lowest BCUT2D eigenvalue weighted by molar-refractivity contribution is -0.104. The van der Waals surface area contributed by atoms with Crippen LogP contribution in [-0.4, -0.2) is 36.1 Å². The smallest absolute Gasteiger partial charge is 0.150 e. The van der Waals surface area contributed by atoms with Gasteiger partial charge in [0.1, 0.15) is 6.29 Å². The number of carbonyl (C=O) groups is 1. The third kappa shape index (κ3) is 6.38. The van der Waals surface area contributed by atoms with E-state index >= 15 is 0 Å². The number of rotatable bonds is 6. The van der Waals surface area contributed by atoms with Gasteiger partial charge >= 0.3 is 0 Å². The van der Waals surface area contributed by atoms with Crippen LogP contribution in [0.1, 0.15) is 34.6 Å². The van der Waals surface area contributed by atoms with E-state index in [1.807, 2.05) is 51.7 Å². The van der Waals surface area contributed by atoms with Gasteiger partial charge in [-0.25, -0.2) is 0 Å². The molecule has 0 fully saturated rings. The Bertz CT molecular complexity index is 473. The van der Waals surface area contributed by atoms with Crippen LogP contribution in [0.3, 0.4) is 0 Å². The first-order chi connectivity index (χ1) is 11.1. The molecule has 0 aromatic rings. The standard InChI is InChI=1S/C16H21NO2.C2H6.CH4O/c1-6-9-19-13(5)16-12(4)14(11-18)10-15(7-2)17(16)8-3;2*1-2/h6-8,10-11,13H,1,3,9H2,2,4-5H3;1-2H3;2H,1H3/b15-7-;;. The van der Waals surface area contributed by atoms with Crippen LogP contribution in [0, 0.1) is 0 Å². The highest BCUT2D eigenvalue weighted by Gasteiger charge is 2.25. The quantitative estimate of drug-likeness (QED) is 0.594. The minimum atomic E-state index is -0.144. The molecular weight excluding hydrogens is 290 g/mol. The Balaban J connectivity index is 0. The highest BCUT2D eigenvalue weighted by molar-refractivity contribution is 5.82. The third-order valence-electron chi connectivity index (χ3n) is 3.11. The first-order valence-electron chi connectivity index (χ1n) is 7.74. The molecule has 0 amide bonds. The molecule has 4 nitrogen and oxygen atoms in total. The van der Waals surface area contributed by atoms with E-state index in [0.29, 0.717) is 12.2 Å². The van der Waals surface area contributed by atoms with Crippen LogP contribution in [-0.2, 0) is 9.53 Å². The zero-order chi connectivity index (χ0) is 18.4. The van der Waals surface area contributed by atoms with Crippen LogP contribution >= 0.6 is 0 Å². The Labute approximate surface area is 141 Å². The zero-order valence-corrected chi connectivity index (χ0v) is 15.3. The van der Waals surface area contributed by atoms with Crippen LogP contribution < -0.4 is 0 Å². The normalized spacial score (nSPS) is 16.4. The molecule has 1 aliphatic rings. The second-order valence-electron chi connectivity index (χ2n) is 4.26. The van der Waals surface area contributed by atoms with E-state index in [1.54, 1.807) is 12.3 Å². The first-order valence-corrected chi connectivity index (χ1v) is 7.74. The lowest BCUT2D eigenvalue weighted by Gasteiger charge is -2.33. The predicted octanol–water partition coefficient (Wildman–Crippen LogP) is 3.97. The highest BCUT2D eigenvalue weighted by atomic mass is 16.5. The molecule has 0 saturated carbocycles. The van der Waals surface area contributed by atoms with Crippen molar-refractivity contribution in [3.05, 3.63) is 60.1 Å². The number of hydrogen-bond donors (Lipinski definition) is 1. The van der Waals surface area contributed by atoms with E-state index in [-0.39, 0.29) is 6.10 Å². The van der Waals surface area contributed by atoms with Crippen molar-refractivity contribution in [2.75, 3.05) is 13.7 Å². The van der Waals surface area contributed by atoms with Crippen LogP contribution in [0.4, 0.5) is 0 Å². The van der Waals surface area contributed by atoms with Crippen molar-refractivity contribution in [2.45, 2.75) is 40.7 Å². The Morgan fingerprint density at radius 2 is 1.91 bits per heavy atom. The molecule has 0 aromatic carbocycles. The van der Waals surface area contributed by atoms with E-state index in [4.69, 9.17) is 9.84 Å². The Hall–Kier alpha value is -1.91. The largest absolute Gasteiger partial charge is 0.400 e. The first kappa shape index (κ1) is 23.4. The van der Waals surface area contributed by atoms with Crippen molar-refractivity contribution in [3.8, 4) is 0 Å². The van der Waals surface area contributed by atoms with Gasteiger partial charge in [0.2, 0.25) is 0 Å². The van der Waals surface area contributed by atoms with Gasteiger partial charge in [-0.2, -0.15) is 0 Å². The maximum atomic E-state index is 11.2. The second-order valence-corrected chi connectivity index (χ2v) is 4.26. The number of hydrogen-bond acceptors (Lipinski definition) is 4. The Morgan fingerprint density at radius 1 is 1.35 bits per heavy atom. The van der Waals surface area contributed by atoms with Crippen molar-refractivity contribution in [3.63, 3.8) is 0 Å². The number of aldehydes is 1. The van der Waals surface area contributed by atoms with E-state index in [9.17, 15) is 4.79 Å². The number of aliphatic hydroxyl groups excluding tert-OH is 1. The van der Waals surface area contributed by atoms with E-state index in [0.717, 1.165) is 30.4 Å². The molecule has 1 atom stereocenters. The van der Waals surface area contributed by atoms with Crippen LogP contribution in [0.15, 0.2) is 60.1 Å². The lowest BCUT2D eigenvalue weighted by Crippen LogP contribution is -2.29. The van der Waals surface area contributed by atoms with Gasteiger partial charge in [-0.05, 0) is 32.4 Å². The number of ether oxygens (including phenoxy) is 1. The van der Waals surface area contributed by atoms with E-state index < -0.39 is 0 Å². The summed E-state index contributed by atoms with van der Waals surface area (Å²) in [5.41, 5.74) is 3.45. The van der Waals surface area contributed by atoms with Gasteiger partial charge < -0.3 is 14.7 Å². The molecule has 0 bridgehead atoms. The fourth-order valence-electron chi connectivity index (χ4n) is 2.15. The average molecular weight is 321 g/mol. The maximum absolute atomic E-state index is 11.2. The van der Waals surface area contributed by atoms with Crippen molar-refractivity contribution in [1.82, 2.24) is 4.90 Å². The van der Waals surface area contributed by atoms with Gasteiger partial charge in [0, 0.05) is 24.6 Å². The van der Waals surface area contributed by atoms with Gasteiger partial charge in [-0.3, -0.25) is 4.79 Å². The van der Waals surface area contributed by atoms with Crippen LogP contribution in [0.5, 0.6) is 0 Å². The Kier molecular flexibility index (Phi) is 13.9. The summed E-state index contributed by atoms with van der Waals surface area (Å²) >= 11 is 0. The summed E-state index contributed by atoms with van der Waals surface area (Å²) in [4.78, 5) is 13.1. The molecule has 4 heteroatoms. The fourth-order valence-corrected chi connectivity index (χ4v) is 2.15. The molecule has 0 aromatic heterocycles. The molecule has 23 heavy (non-hydrogen) atoms. The van der Waals surface area contributed by atoms with Crippen molar-refractivity contribution in [1.29, 1.82) is 0 Å². The summed E-state index contributed by atoms with van der Waals surface area (Å²) in [5.74, 6) is 0. The summed E-state index contributed by atoms with van der Waals surface area (Å²) < 4.78 is 5.68. The fraction of sp³-hybridized carbons (Fsp3) is 0.421. The van der Waals surface area contributed by atoms with Gasteiger partial charge in [-0.1, -0.05) is 32.6 Å². The summed E-state index contributed by atoms with van der Waals surface area (Å²) in [6.07, 6.45) is 7.97. The summed E-state index contributed by atoms with van der Waals surface area (Å²) in [5, 5.41) is 7.00. The monoisotopic (exact) mass is 321 g/mol. The van der Waals surface area contributed by atoms with Crippen molar-refractivity contribution >= 4 is 6.29 Å². The zero-order valence-electron chi connectivity index (χ0n) is 15.3. The summed E-state index contributed by atoms with van der Waals surface area (Å²) in [7, 11) is 1.00. The predicted molar refractivity (Wildman–Crippen MR) is 97.7 cm³/mol. The molecular formula is C19H31NO3. The molecule has 1 unspecified atom stereocenters. The maximum Gasteiger partial charge on any atom is 0.150 e. The van der Waals surface area contributed by atoms with Crippen molar-refractivity contribution in [2.24, 2.45) is 0 Å². The van der Waals surface area contributed by atoms with E-state index in [1.165, 1.54) is 0 Å². The van der Waals surface area contributed by atoms with Gasteiger partial charge in [0.05, 0.1) is 18.4 Å². The molecule has 1 aliphatic heterocycles. The van der Waals surface area contributed by atoms with Crippen molar-refractivity contribution < 1.29 is 14.6 Å². The average Bonchev–Trinajstić information content (AvgIpc) is 2.62. The summed E-state index contributed by atoms with van der Waals surface area (Å²) in [6.45, 7) is 17.8. The lowest BCUT2D eigenvalue weighted by atomic mass is 9.97. The summed E-state index contributed by atoms with van der Waals surface area (Å²) in [6, 6.07) is 0. The Morgan fingerprint density at radius 3 is 2.30 bits per heavy atom. The molecule has 130 valence electrons. The number of allylic oxidation sites excluding steroid dienone is 4. The molecule has 1 heterocycles. The molecule has 1 N–H and O–H groups in total. The van der Waals surface area contributed by atoms with Crippen LogP contribution in [0.25, 0.3) is 0 Å². The number of nitrogens with zero attached hydrogens (tertiary/aromatic N) is 1. The van der Waals surface area contributed by atoms with Gasteiger partial charge in [-0.15, -0.1) is 6.58 Å². The molecule has 0 radical (unpaired) electrons. The topological polar surface area (TPSA) is 49.8 Å². The SMILES string of the molecule is C=CCOC(C)C1=C(C)C(C=O)=C/C(=C/C)N1C=C.CC.CO. The second kappa shape index (κ2) is 13.7. The molecule has 0 spiro atoms. The minimum absolute atomic E-state index is 0.144. The number of aliphatic hydroxyl groups is 1. The third-order valence-corrected chi connectivity index (χ3v) is 3.11. The molecule has 0 saturated heterocycles.